The van der Waals surface area contributed by atoms with E-state index in [0.717, 1.165) is 0 Å². The van der Waals surface area contributed by atoms with E-state index in [4.69, 9.17) is 0 Å². The van der Waals surface area contributed by atoms with Crippen LogP contribution >= 0.6 is 0 Å². The fourth-order valence-electron chi connectivity index (χ4n) is 1.45. The minimum atomic E-state index is -4.37. The summed E-state index contributed by atoms with van der Waals surface area (Å²) in [5.74, 6) is -0.0889. The van der Waals surface area contributed by atoms with E-state index in [-0.39, 0.29) is 11.7 Å². The van der Waals surface area contributed by atoms with E-state index in [1.807, 2.05) is 0 Å². The second-order valence-corrected chi connectivity index (χ2v) is 4.33. The van der Waals surface area contributed by atoms with Crippen LogP contribution in [0, 0.1) is 0 Å². The molecule has 0 aromatic heterocycles. The van der Waals surface area contributed by atoms with Crippen molar-refractivity contribution in [3.8, 4) is 5.75 Å². The van der Waals surface area contributed by atoms with Gasteiger partial charge in [-0.25, -0.2) is 0 Å². The van der Waals surface area contributed by atoms with E-state index in [9.17, 15) is 18.0 Å². The molecule has 4 nitrogen and oxygen atoms in total. The lowest BCUT2D eigenvalue weighted by atomic mass is 10.2. The van der Waals surface area contributed by atoms with E-state index in [2.05, 4.69) is 21.9 Å². The predicted molar refractivity (Wildman–Crippen MR) is 74.3 cm³/mol. The Labute approximate surface area is 121 Å². The summed E-state index contributed by atoms with van der Waals surface area (Å²) in [4.78, 5) is 11.6. The molecular weight excluding hydrogens is 285 g/mol. The van der Waals surface area contributed by atoms with Gasteiger partial charge in [-0.3, -0.25) is 4.79 Å². The first-order valence-electron chi connectivity index (χ1n) is 6.26. The van der Waals surface area contributed by atoms with Crippen molar-refractivity contribution in [1.29, 1.82) is 0 Å². The summed E-state index contributed by atoms with van der Waals surface area (Å²) in [6.07, 6.45) is -2.80. The van der Waals surface area contributed by atoms with E-state index in [1.165, 1.54) is 12.1 Å². The second-order valence-electron chi connectivity index (χ2n) is 4.33. The Morgan fingerprint density at radius 1 is 1.38 bits per heavy atom. The Morgan fingerprint density at radius 2 is 2.00 bits per heavy atom. The molecule has 0 saturated heterocycles. The van der Waals surface area contributed by atoms with Crippen LogP contribution in [0.25, 0.3) is 0 Å². The van der Waals surface area contributed by atoms with Crippen LogP contribution in [0.5, 0.6) is 5.75 Å². The molecule has 0 spiro atoms. The van der Waals surface area contributed by atoms with Gasteiger partial charge in [0.1, 0.15) is 11.8 Å². The minimum absolute atomic E-state index is 0.113. The van der Waals surface area contributed by atoms with Crippen molar-refractivity contribution in [2.45, 2.75) is 19.1 Å². The number of halogens is 3. The normalized spacial score (nSPS) is 12.4. The molecule has 0 radical (unpaired) electrons. The first kappa shape index (κ1) is 16.9. The molecule has 0 aliphatic rings. The van der Waals surface area contributed by atoms with Gasteiger partial charge in [-0.15, -0.1) is 6.58 Å². The van der Waals surface area contributed by atoms with Gasteiger partial charge in [-0.1, -0.05) is 6.08 Å². The van der Waals surface area contributed by atoms with Gasteiger partial charge >= 0.3 is 6.18 Å². The average molecular weight is 302 g/mol. The monoisotopic (exact) mass is 302 g/mol. The number of carbonyl (C=O) groups excluding carboxylic acids is 1. The Hall–Kier alpha value is -2.18. The highest BCUT2D eigenvalue weighted by atomic mass is 19.4. The van der Waals surface area contributed by atoms with E-state index in [1.54, 1.807) is 25.1 Å². The molecule has 21 heavy (non-hydrogen) atoms. The zero-order valence-corrected chi connectivity index (χ0v) is 11.5. The van der Waals surface area contributed by atoms with Gasteiger partial charge in [0.2, 0.25) is 5.91 Å². The van der Waals surface area contributed by atoms with Crippen LogP contribution in [0.2, 0.25) is 0 Å². The lowest BCUT2D eigenvalue weighted by Crippen LogP contribution is -2.37. The van der Waals surface area contributed by atoms with E-state index in [0.29, 0.717) is 12.2 Å². The van der Waals surface area contributed by atoms with Gasteiger partial charge < -0.3 is 15.4 Å². The lowest BCUT2D eigenvalue weighted by molar-refractivity contribution is -0.153. The van der Waals surface area contributed by atoms with Gasteiger partial charge in [-0.05, 0) is 31.2 Å². The van der Waals surface area contributed by atoms with Gasteiger partial charge in [0.25, 0.3) is 0 Å². The average Bonchev–Trinajstić information content (AvgIpc) is 2.43. The first-order chi connectivity index (χ1) is 9.81. The summed E-state index contributed by atoms with van der Waals surface area (Å²) in [6, 6.07) is 5.42. The Morgan fingerprint density at radius 3 is 2.52 bits per heavy atom. The lowest BCUT2D eigenvalue weighted by Gasteiger charge is -2.15. The van der Waals surface area contributed by atoms with Crippen LogP contribution in [0.15, 0.2) is 36.9 Å². The topological polar surface area (TPSA) is 50.4 Å². The number of rotatable bonds is 7. The molecule has 0 aliphatic carbocycles. The summed E-state index contributed by atoms with van der Waals surface area (Å²) in [6.45, 7) is 4.20. The highest BCUT2D eigenvalue weighted by Gasteiger charge is 2.28. The van der Waals surface area contributed by atoms with Crippen molar-refractivity contribution in [1.82, 2.24) is 5.32 Å². The van der Waals surface area contributed by atoms with Crippen LogP contribution in [-0.2, 0) is 4.79 Å². The third-order valence-corrected chi connectivity index (χ3v) is 2.45. The van der Waals surface area contributed by atoms with Crippen LogP contribution < -0.4 is 15.4 Å². The number of carbonyl (C=O) groups is 1. The molecule has 1 amide bonds. The highest BCUT2D eigenvalue weighted by molar-refractivity contribution is 5.84. The maximum absolute atomic E-state index is 12.0. The molecule has 1 unspecified atom stereocenters. The molecule has 7 heteroatoms. The van der Waals surface area contributed by atoms with Crippen LogP contribution in [0.1, 0.15) is 6.92 Å². The molecule has 116 valence electrons. The summed E-state index contributed by atoms with van der Waals surface area (Å²) in [5, 5.41) is 5.56. The Bertz CT molecular complexity index is 472. The zero-order valence-electron chi connectivity index (χ0n) is 11.5. The molecule has 0 aliphatic heterocycles. The summed E-state index contributed by atoms with van der Waals surface area (Å²) >= 11 is 0. The number of hydrogen-bond acceptors (Lipinski definition) is 3. The molecular formula is C14H17F3N2O2. The van der Waals surface area contributed by atoms with Gasteiger partial charge in [0.05, 0.1) is 0 Å². The quantitative estimate of drug-likeness (QED) is 0.762. The molecule has 2 N–H and O–H groups in total. The molecule has 0 heterocycles. The third-order valence-electron chi connectivity index (χ3n) is 2.45. The number of ether oxygens (including phenoxy) is 1. The molecule has 0 saturated carbocycles. The SMILES string of the molecule is C=CCNC(=O)C(C)Nc1ccc(OCC(F)(F)F)cc1. The molecule has 1 atom stereocenters. The van der Waals surface area contributed by atoms with E-state index < -0.39 is 18.8 Å². The number of anilines is 1. The van der Waals surface area contributed by atoms with Crippen LogP contribution in [0.3, 0.4) is 0 Å². The molecule has 0 fully saturated rings. The fraction of sp³-hybridized carbons (Fsp3) is 0.357. The Balaban J connectivity index is 2.50. The maximum Gasteiger partial charge on any atom is 0.422 e. The third kappa shape index (κ3) is 6.69. The standard InChI is InChI=1S/C14H17F3N2O2/c1-3-8-18-13(20)10(2)19-11-4-6-12(7-5-11)21-9-14(15,16)17/h3-7,10,19H,1,8-9H2,2H3,(H,18,20). The summed E-state index contributed by atoms with van der Waals surface area (Å²) in [7, 11) is 0. The number of alkyl halides is 3. The Kier molecular flexibility index (Phi) is 6.08. The van der Waals surface area contributed by atoms with Crippen molar-refractivity contribution in [2.24, 2.45) is 0 Å². The molecule has 1 rings (SSSR count). The predicted octanol–water partition coefficient (Wildman–Crippen LogP) is 2.73. The minimum Gasteiger partial charge on any atom is -0.484 e. The summed E-state index contributed by atoms with van der Waals surface area (Å²) < 4.78 is 40.6. The van der Waals surface area contributed by atoms with Crippen LogP contribution in [-0.4, -0.2) is 31.3 Å². The van der Waals surface area contributed by atoms with Crippen molar-refractivity contribution < 1.29 is 22.7 Å². The number of amides is 1. The largest absolute Gasteiger partial charge is 0.484 e. The maximum atomic E-state index is 12.0. The van der Waals surface area contributed by atoms with Crippen molar-refractivity contribution in [2.75, 3.05) is 18.5 Å². The zero-order chi connectivity index (χ0) is 15.9. The highest BCUT2D eigenvalue weighted by Crippen LogP contribution is 2.20. The van der Waals surface area contributed by atoms with Crippen molar-refractivity contribution >= 4 is 11.6 Å². The van der Waals surface area contributed by atoms with Crippen molar-refractivity contribution in [3.63, 3.8) is 0 Å². The number of nitrogens with one attached hydrogen (secondary N) is 2. The smallest absolute Gasteiger partial charge is 0.422 e. The molecule has 1 aromatic rings. The summed E-state index contributed by atoms with van der Waals surface area (Å²) in [5.41, 5.74) is 0.607. The number of hydrogen-bond donors (Lipinski definition) is 2. The van der Waals surface area contributed by atoms with Crippen LogP contribution in [0.4, 0.5) is 18.9 Å². The number of benzene rings is 1. The van der Waals surface area contributed by atoms with Gasteiger partial charge in [0.15, 0.2) is 6.61 Å². The fourth-order valence-corrected chi connectivity index (χ4v) is 1.45. The molecule has 1 aromatic carbocycles. The van der Waals surface area contributed by atoms with Gasteiger partial charge in [-0.2, -0.15) is 13.2 Å². The second kappa shape index (κ2) is 7.56. The van der Waals surface area contributed by atoms with Crippen molar-refractivity contribution in [3.05, 3.63) is 36.9 Å². The van der Waals surface area contributed by atoms with E-state index >= 15 is 0 Å². The van der Waals surface area contributed by atoms with Gasteiger partial charge in [0, 0.05) is 12.2 Å². The molecule has 0 bridgehead atoms. The first-order valence-corrected chi connectivity index (χ1v) is 6.26.